The highest BCUT2D eigenvalue weighted by molar-refractivity contribution is 9.10. The molecule has 1 rings (SSSR count). The van der Waals surface area contributed by atoms with E-state index in [1.165, 1.54) is 0 Å². The summed E-state index contributed by atoms with van der Waals surface area (Å²) in [6, 6.07) is 5.47. The molecule has 84 valence electrons. The highest BCUT2D eigenvalue weighted by Crippen LogP contribution is 2.29. The molecular weight excluding hydrogens is 277 g/mol. The first-order valence-electron chi connectivity index (χ1n) is 4.99. The molecule has 0 aliphatic carbocycles. The largest absolute Gasteiger partial charge is 0.488 e. The Morgan fingerprint density at radius 2 is 2.27 bits per heavy atom. The minimum atomic E-state index is 0.0764. The summed E-state index contributed by atoms with van der Waals surface area (Å²) in [5, 5.41) is 0.689. The highest BCUT2D eigenvalue weighted by atomic mass is 79.9. The predicted molar refractivity (Wildman–Crippen MR) is 67.5 cm³/mol. The van der Waals surface area contributed by atoms with Crippen LogP contribution < -0.4 is 10.5 Å². The van der Waals surface area contributed by atoms with E-state index in [1.54, 1.807) is 6.07 Å². The van der Waals surface area contributed by atoms with Crippen molar-refractivity contribution in [2.45, 2.75) is 25.9 Å². The predicted octanol–water partition coefficient (Wildman–Crippen LogP) is 3.61. The van der Waals surface area contributed by atoms with Gasteiger partial charge >= 0.3 is 0 Å². The van der Waals surface area contributed by atoms with Gasteiger partial charge < -0.3 is 10.5 Å². The van der Waals surface area contributed by atoms with Gasteiger partial charge in [-0.25, -0.2) is 0 Å². The van der Waals surface area contributed by atoms with Crippen LogP contribution in [0.15, 0.2) is 22.7 Å². The lowest BCUT2D eigenvalue weighted by Gasteiger charge is -2.17. The normalized spacial score (nSPS) is 12.5. The van der Waals surface area contributed by atoms with Crippen LogP contribution in [-0.4, -0.2) is 12.6 Å². The second-order valence-electron chi connectivity index (χ2n) is 3.34. The number of hydrogen-bond acceptors (Lipinski definition) is 2. The number of benzene rings is 1. The first-order valence-corrected chi connectivity index (χ1v) is 6.16. The number of ether oxygens (including phenoxy) is 1. The van der Waals surface area contributed by atoms with E-state index in [0.29, 0.717) is 11.6 Å². The molecule has 1 aromatic rings. The van der Waals surface area contributed by atoms with Crippen molar-refractivity contribution in [2.75, 3.05) is 6.54 Å². The van der Waals surface area contributed by atoms with E-state index in [4.69, 9.17) is 22.1 Å². The number of rotatable bonds is 5. The van der Waals surface area contributed by atoms with Crippen molar-refractivity contribution in [3.63, 3.8) is 0 Å². The van der Waals surface area contributed by atoms with Gasteiger partial charge in [0.05, 0.1) is 4.47 Å². The molecule has 0 bridgehead atoms. The fourth-order valence-corrected chi connectivity index (χ4v) is 2.07. The van der Waals surface area contributed by atoms with Gasteiger partial charge in [0.25, 0.3) is 0 Å². The molecular formula is C11H15BrClNO. The Balaban J connectivity index is 2.70. The molecule has 0 radical (unpaired) electrons. The Morgan fingerprint density at radius 1 is 1.53 bits per heavy atom. The minimum absolute atomic E-state index is 0.0764. The molecule has 0 aliphatic rings. The zero-order valence-corrected chi connectivity index (χ0v) is 11.0. The third-order valence-corrected chi connectivity index (χ3v) is 2.92. The Kier molecular flexibility index (Phi) is 5.43. The van der Waals surface area contributed by atoms with Gasteiger partial charge in [0, 0.05) is 11.6 Å². The molecule has 1 atom stereocenters. The summed E-state index contributed by atoms with van der Waals surface area (Å²) in [6.45, 7) is 2.64. The molecule has 0 aromatic heterocycles. The minimum Gasteiger partial charge on any atom is -0.488 e. The van der Waals surface area contributed by atoms with Crippen molar-refractivity contribution >= 4 is 27.5 Å². The molecule has 1 unspecified atom stereocenters. The summed E-state index contributed by atoms with van der Waals surface area (Å²) in [6.07, 6.45) is 2.10. The second-order valence-corrected chi connectivity index (χ2v) is 4.63. The average Bonchev–Trinajstić information content (AvgIpc) is 2.21. The van der Waals surface area contributed by atoms with Gasteiger partial charge in [0.1, 0.15) is 11.9 Å². The van der Waals surface area contributed by atoms with Gasteiger partial charge in [0.2, 0.25) is 0 Å². The van der Waals surface area contributed by atoms with Crippen molar-refractivity contribution in [3.05, 3.63) is 27.7 Å². The molecule has 2 nitrogen and oxygen atoms in total. The fourth-order valence-electron chi connectivity index (χ4n) is 1.30. The van der Waals surface area contributed by atoms with Gasteiger partial charge in [0.15, 0.2) is 0 Å². The molecule has 1 aromatic carbocycles. The second kappa shape index (κ2) is 6.36. The Hall–Kier alpha value is -0.250. The number of nitrogens with two attached hydrogens (primary N) is 1. The molecule has 2 N–H and O–H groups in total. The van der Waals surface area contributed by atoms with Crippen molar-refractivity contribution in [1.29, 1.82) is 0 Å². The molecule has 15 heavy (non-hydrogen) atoms. The Bertz CT molecular complexity index is 319. The molecule has 0 aliphatic heterocycles. The first kappa shape index (κ1) is 12.8. The SMILES string of the molecule is CCCC(CN)Oc1ccc(Cl)cc1Br. The Labute approximate surface area is 104 Å². The van der Waals surface area contributed by atoms with E-state index >= 15 is 0 Å². The quantitative estimate of drug-likeness (QED) is 0.900. The molecule has 0 heterocycles. The summed E-state index contributed by atoms with van der Waals surface area (Å²) in [5.74, 6) is 0.795. The van der Waals surface area contributed by atoms with Crippen LogP contribution in [0.3, 0.4) is 0 Å². The van der Waals surface area contributed by atoms with E-state index in [1.807, 2.05) is 12.1 Å². The van der Waals surface area contributed by atoms with Crippen LogP contribution in [0.25, 0.3) is 0 Å². The molecule has 0 saturated heterocycles. The third kappa shape index (κ3) is 4.01. The van der Waals surface area contributed by atoms with Crippen LogP contribution in [-0.2, 0) is 0 Å². The Morgan fingerprint density at radius 3 is 2.80 bits per heavy atom. The van der Waals surface area contributed by atoms with Gasteiger partial charge in [-0.2, -0.15) is 0 Å². The summed E-state index contributed by atoms with van der Waals surface area (Å²) in [7, 11) is 0. The van der Waals surface area contributed by atoms with E-state index < -0.39 is 0 Å². The van der Waals surface area contributed by atoms with Crippen molar-refractivity contribution in [2.24, 2.45) is 5.73 Å². The van der Waals surface area contributed by atoms with Crippen molar-refractivity contribution in [1.82, 2.24) is 0 Å². The summed E-state index contributed by atoms with van der Waals surface area (Å²) >= 11 is 9.24. The topological polar surface area (TPSA) is 35.2 Å². The average molecular weight is 293 g/mol. The highest BCUT2D eigenvalue weighted by Gasteiger charge is 2.09. The van der Waals surface area contributed by atoms with Gasteiger partial charge in [-0.15, -0.1) is 0 Å². The zero-order valence-electron chi connectivity index (χ0n) is 8.67. The monoisotopic (exact) mass is 291 g/mol. The molecule has 0 fully saturated rings. The van der Waals surface area contributed by atoms with Gasteiger partial charge in [-0.3, -0.25) is 0 Å². The fraction of sp³-hybridized carbons (Fsp3) is 0.455. The van der Waals surface area contributed by atoms with Crippen molar-refractivity contribution in [3.8, 4) is 5.75 Å². The lowest BCUT2D eigenvalue weighted by molar-refractivity contribution is 0.197. The van der Waals surface area contributed by atoms with Crippen molar-refractivity contribution < 1.29 is 4.74 Å². The maximum atomic E-state index is 5.84. The molecule has 4 heteroatoms. The van der Waals surface area contributed by atoms with Crippen LogP contribution in [0.1, 0.15) is 19.8 Å². The van der Waals surface area contributed by atoms with Gasteiger partial charge in [-0.05, 0) is 40.5 Å². The van der Waals surface area contributed by atoms with Crippen LogP contribution in [0.5, 0.6) is 5.75 Å². The molecule has 0 amide bonds. The molecule has 0 spiro atoms. The van der Waals surface area contributed by atoms with E-state index in [0.717, 1.165) is 23.1 Å². The lowest BCUT2D eigenvalue weighted by Crippen LogP contribution is -2.26. The maximum Gasteiger partial charge on any atom is 0.134 e. The van der Waals surface area contributed by atoms with Gasteiger partial charge in [-0.1, -0.05) is 24.9 Å². The smallest absolute Gasteiger partial charge is 0.134 e. The van der Waals surface area contributed by atoms with Crippen LogP contribution in [0.4, 0.5) is 0 Å². The van der Waals surface area contributed by atoms with E-state index in [9.17, 15) is 0 Å². The standard InChI is InChI=1S/C11H15BrClNO/c1-2-3-9(7-14)15-11-5-4-8(13)6-10(11)12/h4-6,9H,2-3,7,14H2,1H3. The lowest BCUT2D eigenvalue weighted by atomic mass is 10.2. The van der Waals surface area contributed by atoms with Crippen LogP contribution in [0, 0.1) is 0 Å². The van der Waals surface area contributed by atoms with E-state index in [2.05, 4.69) is 22.9 Å². The number of halogens is 2. The number of hydrogen-bond donors (Lipinski definition) is 1. The van der Waals surface area contributed by atoms with E-state index in [-0.39, 0.29) is 6.10 Å². The summed E-state index contributed by atoms with van der Waals surface area (Å²) < 4.78 is 6.62. The maximum absolute atomic E-state index is 5.84. The summed E-state index contributed by atoms with van der Waals surface area (Å²) in [5.41, 5.74) is 5.62. The molecule has 0 saturated carbocycles. The first-order chi connectivity index (χ1) is 7.17. The zero-order chi connectivity index (χ0) is 11.3. The summed E-state index contributed by atoms with van der Waals surface area (Å²) in [4.78, 5) is 0. The third-order valence-electron chi connectivity index (χ3n) is 2.06. The van der Waals surface area contributed by atoms with Crippen LogP contribution in [0.2, 0.25) is 5.02 Å². The van der Waals surface area contributed by atoms with Crippen LogP contribution >= 0.6 is 27.5 Å².